The van der Waals surface area contributed by atoms with E-state index in [0.717, 1.165) is 50.1 Å². The minimum atomic E-state index is -0.506. The minimum absolute atomic E-state index is 0.416. The molecule has 1 aliphatic rings. The summed E-state index contributed by atoms with van der Waals surface area (Å²) in [6, 6.07) is 8.09. The fraction of sp³-hybridized carbons (Fsp3) is 0.259. The van der Waals surface area contributed by atoms with Gasteiger partial charge in [-0.1, -0.05) is 0 Å². The van der Waals surface area contributed by atoms with Gasteiger partial charge in [-0.3, -0.25) is 9.97 Å². The first-order chi connectivity index (χ1) is 16.9. The number of amides is 1. The standard InChI is InChI=1S/C27H27N5O3/c1-27(2,3)35-26(33)29-10-5-11-34-24-8-7-19(24)18-12-21-20-13-22(17-6-4-9-28-14-17)30-16-23(20)32-25(21)31-15-18/h4,6-9,12-16H,5,10-11H2,1-3H3,(H,29,33)(H,31,32). The molecule has 8 heteroatoms. The Hall–Kier alpha value is -4.20. The zero-order valence-corrected chi connectivity index (χ0v) is 20.0. The maximum atomic E-state index is 11.7. The number of fused-ring (bicyclic) bond motifs is 3. The molecule has 5 rings (SSSR count). The monoisotopic (exact) mass is 469 g/mol. The second-order valence-electron chi connectivity index (χ2n) is 9.34. The van der Waals surface area contributed by atoms with E-state index in [2.05, 4.69) is 37.4 Å². The number of hydrogen-bond acceptors (Lipinski definition) is 6. The number of allylic oxidation sites excluding steroid dienone is 3. The van der Waals surface area contributed by atoms with Crippen molar-refractivity contribution in [2.24, 2.45) is 0 Å². The van der Waals surface area contributed by atoms with E-state index in [1.54, 1.807) is 6.20 Å². The molecular formula is C27H27N5O3. The highest BCUT2D eigenvalue weighted by molar-refractivity contribution is 6.07. The normalized spacial score (nSPS) is 13.2. The number of carbonyl (C=O) groups is 1. The summed E-state index contributed by atoms with van der Waals surface area (Å²) >= 11 is 0. The smallest absolute Gasteiger partial charge is 0.407 e. The molecule has 0 aliphatic heterocycles. The van der Waals surface area contributed by atoms with E-state index in [1.807, 2.05) is 63.6 Å². The number of nitrogens with zero attached hydrogens (tertiary/aromatic N) is 3. The molecule has 2 N–H and O–H groups in total. The number of aromatic amines is 1. The zero-order chi connectivity index (χ0) is 24.4. The number of carbonyl (C=O) groups excluding carboxylic acids is 1. The summed E-state index contributed by atoms with van der Waals surface area (Å²) in [5.74, 6) is 0.820. The number of nitrogens with one attached hydrogen (secondary N) is 2. The van der Waals surface area contributed by atoms with Crippen LogP contribution in [0.25, 0.3) is 38.8 Å². The van der Waals surface area contributed by atoms with Crippen LogP contribution in [0.15, 0.2) is 67.0 Å². The summed E-state index contributed by atoms with van der Waals surface area (Å²) in [5, 5.41) is 4.83. The summed E-state index contributed by atoms with van der Waals surface area (Å²) in [6.07, 6.45) is 11.5. The van der Waals surface area contributed by atoms with E-state index in [4.69, 9.17) is 9.47 Å². The number of aromatic nitrogens is 4. The predicted molar refractivity (Wildman–Crippen MR) is 135 cm³/mol. The lowest BCUT2D eigenvalue weighted by molar-refractivity contribution is 0.0524. The van der Waals surface area contributed by atoms with Gasteiger partial charge in [0.1, 0.15) is 17.0 Å². The van der Waals surface area contributed by atoms with Crippen LogP contribution in [0.5, 0.6) is 0 Å². The van der Waals surface area contributed by atoms with Gasteiger partial charge < -0.3 is 19.8 Å². The zero-order valence-electron chi connectivity index (χ0n) is 20.0. The SMILES string of the molecule is CC(C)(C)OC(=O)NCCCOC1=CC=C1c1cnc2[nH]c3cnc(-c4cccnc4)cc3c2c1. The molecule has 178 valence electrons. The lowest BCUT2D eigenvalue weighted by Crippen LogP contribution is -2.33. The van der Waals surface area contributed by atoms with Gasteiger partial charge in [0, 0.05) is 52.6 Å². The fourth-order valence-corrected chi connectivity index (χ4v) is 3.85. The second kappa shape index (κ2) is 9.21. The summed E-state index contributed by atoms with van der Waals surface area (Å²) in [4.78, 5) is 28.5. The number of pyridine rings is 3. The topological polar surface area (TPSA) is 102 Å². The van der Waals surface area contributed by atoms with Gasteiger partial charge in [0.2, 0.25) is 0 Å². The Morgan fingerprint density at radius 1 is 1.06 bits per heavy atom. The third-order valence-corrected chi connectivity index (χ3v) is 5.52. The molecule has 8 nitrogen and oxygen atoms in total. The van der Waals surface area contributed by atoms with Crippen LogP contribution in [0.1, 0.15) is 32.8 Å². The van der Waals surface area contributed by atoms with Crippen molar-refractivity contribution in [2.75, 3.05) is 13.2 Å². The predicted octanol–water partition coefficient (Wildman–Crippen LogP) is 5.39. The lowest BCUT2D eigenvalue weighted by Gasteiger charge is -2.20. The second-order valence-corrected chi connectivity index (χ2v) is 9.34. The highest BCUT2D eigenvalue weighted by atomic mass is 16.6. The minimum Gasteiger partial charge on any atom is -0.493 e. The Labute approximate surface area is 203 Å². The molecule has 4 aromatic heterocycles. The average molecular weight is 470 g/mol. The summed E-state index contributed by atoms with van der Waals surface area (Å²) in [7, 11) is 0. The van der Waals surface area contributed by atoms with E-state index in [1.165, 1.54) is 0 Å². The number of hydrogen-bond donors (Lipinski definition) is 2. The summed E-state index contributed by atoms with van der Waals surface area (Å²) in [6.45, 7) is 6.49. The molecule has 4 aromatic rings. The summed E-state index contributed by atoms with van der Waals surface area (Å²) < 4.78 is 11.2. The van der Waals surface area contributed by atoms with E-state index in [0.29, 0.717) is 19.6 Å². The Morgan fingerprint density at radius 2 is 1.94 bits per heavy atom. The Balaban J connectivity index is 1.24. The number of alkyl carbamates (subject to hydrolysis) is 1. The first kappa shape index (κ1) is 22.6. The molecule has 35 heavy (non-hydrogen) atoms. The van der Waals surface area contributed by atoms with Crippen LogP contribution < -0.4 is 5.32 Å². The van der Waals surface area contributed by atoms with Gasteiger partial charge in [-0.15, -0.1) is 0 Å². The van der Waals surface area contributed by atoms with E-state index >= 15 is 0 Å². The van der Waals surface area contributed by atoms with Crippen LogP contribution in [0.2, 0.25) is 0 Å². The van der Waals surface area contributed by atoms with E-state index in [-0.39, 0.29) is 0 Å². The molecule has 0 saturated heterocycles. The largest absolute Gasteiger partial charge is 0.493 e. The molecule has 0 spiro atoms. The number of rotatable bonds is 7. The van der Waals surface area contributed by atoms with Gasteiger partial charge >= 0.3 is 6.09 Å². The molecule has 0 atom stereocenters. The van der Waals surface area contributed by atoms with E-state index in [9.17, 15) is 4.79 Å². The van der Waals surface area contributed by atoms with Gasteiger partial charge in [-0.2, -0.15) is 0 Å². The molecule has 0 bridgehead atoms. The van der Waals surface area contributed by atoms with Crippen LogP contribution in [0.4, 0.5) is 4.79 Å². The average Bonchev–Trinajstić information content (AvgIpc) is 3.17. The van der Waals surface area contributed by atoms with Crippen molar-refractivity contribution in [1.82, 2.24) is 25.3 Å². The Bertz CT molecular complexity index is 1450. The Morgan fingerprint density at radius 3 is 2.69 bits per heavy atom. The van der Waals surface area contributed by atoms with Crippen molar-refractivity contribution >= 4 is 33.6 Å². The van der Waals surface area contributed by atoms with Gasteiger partial charge in [-0.25, -0.2) is 9.78 Å². The third kappa shape index (κ3) is 5.01. The van der Waals surface area contributed by atoms with E-state index < -0.39 is 11.7 Å². The fourth-order valence-electron chi connectivity index (χ4n) is 3.85. The summed E-state index contributed by atoms with van der Waals surface area (Å²) in [5.41, 5.74) is 5.07. The van der Waals surface area contributed by atoms with Gasteiger partial charge in [0.05, 0.1) is 24.0 Å². The van der Waals surface area contributed by atoms with Gasteiger partial charge in [0.25, 0.3) is 0 Å². The molecule has 1 amide bonds. The van der Waals surface area contributed by atoms with Crippen LogP contribution in [0.3, 0.4) is 0 Å². The van der Waals surface area contributed by atoms with Crippen molar-refractivity contribution < 1.29 is 14.3 Å². The highest BCUT2D eigenvalue weighted by Gasteiger charge is 2.18. The third-order valence-electron chi connectivity index (χ3n) is 5.52. The van der Waals surface area contributed by atoms with Crippen LogP contribution in [0, 0.1) is 0 Å². The molecule has 0 aromatic carbocycles. The molecule has 0 unspecified atom stereocenters. The molecule has 0 saturated carbocycles. The maximum Gasteiger partial charge on any atom is 0.407 e. The van der Waals surface area contributed by atoms with Crippen molar-refractivity contribution in [2.45, 2.75) is 32.8 Å². The molecule has 4 heterocycles. The molecule has 0 radical (unpaired) electrons. The van der Waals surface area contributed by atoms with Crippen molar-refractivity contribution in [3.8, 4) is 11.3 Å². The maximum absolute atomic E-state index is 11.7. The molecule has 0 fully saturated rings. The number of H-pyrrole nitrogens is 1. The highest BCUT2D eigenvalue weighted by Crippen LogP contribution is 2.34. The van der Waals surface area contributed by atoms with Crippen molar-refractivity contribution in [3.63, 3.8) is 0 Å². The lowest BCUT2D eigenvalue weighted by atomic mass is 9.97. The number of ether oxygens (including phenoxy) is 2. The van der Waals surface area contributed by atoms with Gasteiger partial charge in [0.15, 0.2) is 0 Å². The van der Waals surface area contributed by atoms with Crippen LogP contribution in [-0.2, 0) is 9.47 Å². The van der Waals surface area contributed by atoms with Crippen LogP contribution >= 0.6 is 0 Å². The first-order valence-electron chi connectivity index (χ1n) is 11.6. The molecule has 1 aliphatic carbocycles. The van der Waals surface area contributed by atoms with Crippen LogP contribution in [-0.4, -0.2) is 44.8 Å². The Kier molecular flexibility index (Phi) is 5.94. The molecular weight excluding hydrogens is 442 g/mol. The van der Waals surface area contributed by atoms with Gasteiger partial charge in [-0.05, 0) is 63.6 Å². The van der Waals surface area contributed by atoms with Crippen molar-refractivity contribution in [3.05, 3.63) is 72.5 Å². The van der Waals surface area contributed by atoms with Crippen molar-refractivity contribution in [1.29, 1.82) is 0 Å². The quantitative estimate of drug-likeness (QED) is 0.352. The first-order valence-corrected chi connectivity index (χ1v) is 11.6.